The van der Waals surface area contributed by atoms with E-state index in [0.717, 1.165) is 11.6 Å². The van der Waals surface area contributed by atoms with Crippen LogP contribution in [0.25, 0.3) is 10.9 Å². The molecule has 1 aliphatic heterocycles. The number of halogens is 1. The van der Waals surface area contributed by atoms with Crippen molar-refractivity contribution in [3.63, 3.8) is 0 Å². The summed E-state index contributed by atoms with van der Waals surface area (Å²) in [5, 5.41) is 14.8. The zero-order chi connectivity index (χ0) is 40.5. The lowest BCUT2D eigenvalue weighted by Gasteiger charge is -2.35. The predicted molar refractivity (Wildman–Crippen MR) is 207 cm³/mol. The highest BCUT2D eigenvalue weighted by Crippen LogP contribution is 2.27. The number of aromatic nitrogens is 1. The van der Waals surface area contributed by atoms with Gasteiger partial charge in [0.1, 0.15) is 24.6 Å². The zero-order valence-corrected chi connectivity index (χ0v) is 31.7. The monoisotopic (exact) mass is 771 g/mol. The maximum absolute atomic E-state index is 15.3. The highest BCUT2D eigenvalue weighted by molar-refractivity contribution is 5.97. The first kappa shape index (κ1) is 40.9. The van der Waals surface area contributed by atoms with E-state index in [2.05, 4.69) is 10.6 Å². The molecule has 3 aromatic carbocycles. The lowest BCUT2D eigenvalue weighted by atomic mass is 9.93. The molecule has 1 saturated heterocycles. The number of carboxylic acids is 1. The molecule has 0 radical (unpaired) electrons. The van der Waals surface area contributed by atoms with Crippen molar-refractivity contribution in [2.45, 2.75) is 59.9 Å². The second kappa shape index (κ2) is 18.4. The highest BCUT2D eigenvalue weighted by atomic mass is 19.1. The minimum Gasteiger partial charge on any atom is -0.477 e. The van der Waals surface area contributed by atoms with Crippen molar-refractivity contribution < 1.29 is 42.9 Å². The van der Waals surface area contributed by atoms with Crippen LogP contribution in [0.1, 0.15) is 55.6 Å². The molecule has 3 N–H and O–H groups in total. The number of piperazine rings is 1. The van der Waals surface area contributed by atoms with Crippen molar-refractivity contribution >= 4 is 52.1 Å². The predicted octanol–water partition coefficient (Wildman–Crippen LogP) is 5.80. The quantitative estimate of drug-likeness (QED) is 0.142. The number of anilines is 2. The SMILES string of the molecule is CCn1cc(C(=O)O)c(=O)c2cc(F)c(N3CCN(C(=O)OCc4ccc(NC(=O)[C@H](C)CC(=O)C(NC(=O)OCc5ccccc5)C(C)C)cc4)CC3)cc21. The normalized spacial score (nSPS) is 13.9. The summed E-state index contributed by atoms with van der Waals surface area (Å²) in [7, 11) is 0. The largest absolute Gasteiger partial charge is 0.477 e. The number of alkyl carbamates (subject to hydrolysis) is 1. The third-order valence-corrected chi connectivity index (χ3v) is 9.64. The second-order valence-electron chi connectivity index (χ2n) is 14.0. The Morgan fingerprint density at radius 3 is 2.14 bits per heavy atom. The molecule has 1 aliphatic rings. The van der Waals surface area contributed by atoms with E-state index in [0.29, 0.717) is 36.4 Å². The maximum atomic E-state index is 15.3. The summed E-state index contributed by atoms with van der Waals surface area (Å²) in [4.78, 5) is 78.9. The molecule has 296 valence electrons. The van der Waals surface area contributed by atoms with E-state index >= 15 is 4.39 Å². The second-order valence-corrected chi connectivity index (χ2v) is 14.0. The fourth-order valence-electron chi connectivity index (χ4n) is 6.40. The third-order valence-electron chi connectivity index (χ3n) is 9.64. The number of carbonyl (C=O) groups excluding carboxylic acids is 4. The Bertz CT molecular complexity index is 2130. The Hall–Kier alpha value is -6.25. The highest BCUT2D eigenvalue weighted by Gasteiger charge is 2.29. The third kappa shape index (κ3) is 10.1. The van der Waals surface area contributed by atoms with Gasteiger partial charge in [0.05, 0.1) is 17.2 Å². The minimum atomic E-state index is -1.38. The number of ketones is 1. The van der Waals surface area contributed by atoms with Crippen molar-refractivity contribution in [1.29, 1.82) is 0 Å². The number of ether oxygens (including phenoxy) is 2. The Morgan fingerprint density at radius 1 is 0.875 bits per heavy atom. The number of hydrogen-bond donors (Lipinski definition) is 3. The molecule has 2 heterocycles. The van der Waals surface area contributed by atoms with Crippen LogP contribution in [0.5, 0.6) is 0 Å². The van der Waals surface area contributed by atoms with Gasteiger partial charge in [0, 0.05) is 62.3 Å². The minimum absolute atomic E-state index is 0.0168. The molecule has 5 rings (SSSR count). The Balaban J connectivity index is 1.07. The molecule has 2 atom stereocenters. The Morgan fingerprint density at radius 2 is 1.52 bits per heavy atom. The van der Waals surface area contributed by atoms with Gasteiger partial charge in [-0.25, -0.2) is 18.8 Å². The topological polar surface area (TPSA) is 177 Å². The van der Waals surface area contributed by atoms with E-state index in [1.165, 1.54) is 17.2 Å². The van der Waals surface area contributed by atoms with E-state index in [-0.39, 0.29) is 61.4 Å². The number of amides is 3. The molecule has 1 unspecified atom stereocenters. The molecule has 0 bridgehead atoms. The molecule has 3 amide bonds. The lowest BCUT2D eigenvalue weighted by molar-refractivity contribution is -0.127. The molecule has 0 aliphatic carbocycles. The zero-order valence-electron chi connectivity index (χ0n) is 31.7. The van der Waals surface area contributed by atoms with Gasteiger partial charge in [0.15, 0.2) is 5.78 Å². The maximum Gasteiger partial charge on any atom is 0.410 e. The van der Waals surface area contributed by atoms with Gasteiger partial charge in [0.25, 0.3) is 0 Å². The molecule has 4 aromatic rings. The van der Waals surface area contributed by atoms with Crippen molar-refractivity contribution in [2.75, 3.05) is 36.4 Å². The van der Waals surface area contributed by atoms with Crippen LogP contribution in [0.4, 0.5) is 25.4 Å². The first-order chi connectivity index (χ1) is 26.7. The molecule has 0 saturated carbocycles. The number of nitrogens with zero attached hydrogens (tertiary/aromatic N) is 3. The lowest BCUT2D eigenvalue weighted by Crippen LogP contribution is -2.49. The van der Waals surface area contributed by atoms with Crippen LogP contribution in [-0.4, -0.2) is 76.6 Å². The fourth-order valence-corrected chi connectivity index (χ4v) is 6.40. The molecular formula is C41H46FN5O9. The summed E-state index contributed by atoms with van der Waals surface area (Å²) >= 11 is 0. The first-order valence-electron chi connectivity index (χ1n) is 18.4. The molecule has 15 heteroatoms. The number of Topliss-reactive ketones (excluding diaryl/α,β-unsaturated/α-hetero) is 1. The van der Waals surface area contributed by atoms with Crippen LogP contribution in [0.3, 0.4) is 0 Å². The summed E-state index contributed by atoms with van der Waals surface area (Å²) in [5.74, 6) is -3.62. The molecule has 1 aromatic heterocycles. The van der Waals surface area contributed by atoms with Crippen molar-refractivity contribution in [3.05, 3.63) is 106 Å². The van der Waals surface area contributed by atoms with Crippen LogP contribution in [0.2, 0.25) is 0 Å². The summed E-state index contributed by atoms with van der Waals surface area (Å²) in [6, 6.07) is 17.7. The standard InChI is InChI=1S/C41H46FN5O9/c1-5-45-22-31(39(51)52)37(49)30-20-32(42)34(21-33(30)45)46-15-17-47(18-16-46)41(54)56-24-28-11-13-29(14-12-28)43-38(50)26(4)19-35(48)36(25(2)3)44-40(53)55-23-27-9-7-6-8-10-27/h6-14,20-22,25-26,36H,5,15-19,23-24H2,1-4H3,(H,43,50)(H,44,53)(H,51,52)/t26-,36?/m1/s1. The number of carboxylic acid groups (broad SMARTS) is 1. The average Bonchev–Trinajstić information content (AvgIpc) is 3.19. The smallest absolute Gasteiger partial charge is 0.410 e. The van der Waals surface area contributed by atoms with Gasteiger partial charge >= 0.3 is 18.2 Å². The Labute approximate surface area is 323 Å². The van der Waals surface area contributed by atoms with E-state index in [1.807, 2.05) is 30.3 Å². The van der Waals surface area contributed by atoms with Crippen LogP contribution in [0, 0.1) is 17.7 Å². The van der Waals surface area contributed by atoms with E-state index < -0.39 is 46.9 Å². The number of fused-ring (bicyclic) bond motifs is 1. The van der Waals surface area contributed by atoms with Crippen molar-refractivity contribution in [3.8, 4) is 0 Å². The molecule has 14 nitrogen and oxygen atoms in total. The number of aryl methyl sites for hydroxylation is 1. The van der Waals surface area contributed by atoms with Gasteiger partial charge in [-0.15, -0.1) is 0 Å². The number of benzene rings is 3. The van der Waals surface area contributed by atoms with Gasteiger partial charge in [-0.3, -0.25) is 14.4 Å². The van der Waals surface area contributed by atoms with Crippen LogP contribution >= 0.6 is 0 Å². The van der Waals surface area contributed by atoms with E-state index in [9.17, 15) is 33.9 Å². The summed E-state index contributed by atoms with van der Waals surface area (Å²) in [6.45, 7) is 8.55. The number of aromatic carboxylic acids is 1. The molecule has 1 fully saturated rings. The first-order valence-corrected chi connectivity index (χ1v) is 18.4. The number of hydrogen-bond acceptors (Lipinski definition) is 9. The molecular weight excluding hydrogens is 725 g/mol. The number of rotatable bonds is 14. The van der Waals surface area contributed by atoms with Gasteiger partial charge in [-0.1, -0.05) is 63.2 Å². The Kier molecular flexibility index (Phi) is 13.4. The van der Waals surface area contributed by atoms with Crippen molar-refractivity contribution in [1.82, 2.24) is 14.8 Å². The van der Waals surface area contributed by atoms with E-state index in [4.69, 9.17) is 9.47 Å². The van der Waals surface area contributed by atoms with Crippen LogP contribution < -0.4 is 21.0 Å². The number of pyridine rings is 1. The van der Waals surface area contributed by atoms with E-state index in [1.54, 1.807) is 61.4 Å². The number of nitrogens with one attached hydrogen (secondary N) is 2. The van der Waals surface area contributed by atoms with Gasteiger partial charge in [-0.05, 0) is 48.2 Å². The summed E-state index contributed by atoms with van der Waals surface area (Å²) < 4.78 is 27.6. The van der Waals surface area contributed by atoms with Crippen LogP contribution in [-0.2, 0) is 38.8 Å². The fraction of sp³-hybridized carbons (Fsp3) is 0.366. The van der Waals surface area contributed by atoms with Gasteiger partial charge in [0.2, 0.25) is 11.3 Å². The van der Waals surface area contributed by atoms with Gasteiger partial charge < -0.3 is 39.6 Å². The number of carbonyl (C=O) groups is 5. The molecule has 56 heavy (non-hydrogen) atoms. The summed E-state index contributed by atoms with van der Waals surface area (Å²) in [5.41, 5.74) is 1.46. The molecule has 0 spiro atoms. The van der Waals surface area contributed by atoms with Gasteiger partial charge in [-0.2, -0.15) is 0 Å². The summed E-state index contributed by atoms with van der Waals surface area (Å²) in [6.07, 6.45) is -0.0910. The average molecular weight is 772 g/mol. The van der Waals surface area contributed by atoms with Crippen LogP contribution in [0.15, 0.2) is 77.7 Å². The van der Waals surface area contributed by atoms with Crippen molar-refractivity contribution in [2.24, 2.45) is 11.8 Å².